The van der Waals surface area contributed by atoms with Crippen molar-refractivity contribution < 1.29 is 12.8 Å². The minimum Gasteiger partial charge on any atom is -0.241 e. The molecule has 3 nitrogen and oxygen atoms in total. The van der Waals surface area contributed by atoms with Crippen LogP contribution in [-0.2, 0) is 10.0 Å². The minimum atomic E-state index is -3.74. The number of fused-ring (bicyclic) bond motifs is 1. The van der Waals surface area contributed by atoms with E-state index in [4.69, 9.17) is 0 Å². The Balaban J connectivity index is 0.00000106. The first-order valence-corrected chi connectivity index (χ1v) is 7.92. The summed E-state index contributed by atoms with van der Waals surface area (Å²) in [5.41, 5.74) is 0.415. The predicted molar refractivity (Wildman–Crippen MR) is 86.0 cm³/mol. The second-order valence-corrected chi connectivity index (χ2v) is 5.64. The van der Waals surface area contributed by atoms with Crippen LogP contribution in [0.25, 0.3) is 10.9 Å². The van der Waals surface area contributed by atoms with Crippen LogP contribution in [0.3, 0.4) is 0 Å². The Morgan fingerprint density at radius 1 is 1.24 bits per heavy atom. The molecule has 0 aliphatic rings. The van der Waals surface area contributed by atoms with Crippen molar-refractivity contribution in [2.24, 2.45) is 0 Å². The van der Waals surface area contributed by atoms with Gasteiger partial charge in [-0.3, -0.25) is 0 Å². The maximum absolute atomic E-state index is 13.1. The molecular formula is C16H18FNO2S. The Kier molecular flexibility index (Phi) is 5.67. The molecular weight excluding hydrogens is 289 g/mol. The van der Waals surface area contributed by atoms with Crippen LogP contribution in [-0.4, -0.2) is 12.4 Å². The zero-order valence-electron chi connectivity index (χ0n) is 12.1. The maximum Gasteiger partial charge on any atom is 0.268 e. The third kappa shape index (κ3) is 3.31. The SMILES string of the molecule is C=C/C=C(\C=C)S(=O)(=O)n1ccc2cc(F)ccc21.CC. The van der Waals surface area contributed by atoms with Crippen molar-refractivity contribution in [3.8, 4) is 0 Å². The molecule has 0 unspecified atom stereocenters. The molecule has 0 radical (unpaired) electrons. The van der Waals surface area contributed by atoms with E-state index in [0.29, 0.717) is 10.9 Å². The van der Waals surface area contributed by atoms with Crippen LogP contribution < -0.4 is 0 Å². The van der Waals surface area contributed by atoms with E-state index in [2.05, 4.69) is 13.2 Å². The van der Waals surface area contributed by atoms with Crippen molar-refractivity contribution in [1.82, 2.24) is 3.97 Å². The summed E-state index contributed by atoms with van der Waals surface area (Å²) >= 11 is 0. The van der Waals surface area contributed by atoms with Crippen molar-refractivity contribution in [1.29, 1.82) is 0 Å². The number of hydrogen-bond donors (Lipinski definition) is 0. The van der Waals surface area contributed by atoms with Crippen LogP contribution in [0.1, 0.15) is 13.8 Å². The van der Waals surface area contributed by atoms with Crippen LogP contribution in [0.4, 0.5) is 4.39 Å². The summed E-state index contributed by atoms with van der Waals surface area (Å²) in [6, 6.07) is 5.48. The van der Waals surface area contributed by atoms with E-state index in [1.165, 1.54) is 42.6 Å². The standard InChI is InChI=1S/C14H12FNO2S.C2H6/c1-3-5-13(4-2)19(17,18)16-9-8-11-10-12(15)6-7-14(11)16;1-2/h3-10H,1-2H2;1-2H3/b13-5+;. The number of nitrogens with zero attached hydrogens (tertiary/aromatic N) is 1. The molecule has 112 valence electrons. The molecule has 0 amide bonds. The van der Waals surface area contributed by atoms with Gasteiger partial charge in [-0.15, -0.1) is 0 Å². The van der Waals surface area contributed by atoms with E-state index in [0.717, 1.165) is 3.97 Å². The molecule has 0 atom stereocenters. The second kappa shape index (κ2) is 7.04. The maximum atomic E-state index is 13.1. The first kappa shape index (κ1) is 16.9. The fourth-order valence-corrected chi connectivity index (χ4v) is 3.14. The minimum absolute atomic E-state index is 0.0318. The molecule has 0 aliphatic heterocycles. The number of allylic oxidation sites excluding steroid dienone is 3. The second-order valence-electron chi connectivity index (χ2n) is 3.83. The fraction of sp³-hybridized carbons (Fsp3) is 0.125. The van der Waals surface area contributed by atoms with Gasteiger partial charge in [-0.2, -0.15) is 0 Å². The highest BCUT2D eigenvalue weighted by atomic mass is 32.2. The molecule has 21 heavy (non-hydrogen) atoms. The van der Waals surface area contributed by atoms with E-state index in [1.54, 1.807) is 6.07 Å². The first-order valence-electron chi connectivity index (χ1n) is 6.48. The van der Waals surface area contributed by atoms with Gasteiger partial charge in [0.05, 0.1) is 10.4 Å². The molecule has 0 saturated heterocycles. The molecule has 0 aliphatic carbocycles. The lowest BCUT2D eigenvalue weighted by Crippen LogP contribution is -2.12. The number of hydrogen-bond acceptors (Lipinski definition) is 2. The average molecular weight is 307 g/mol. The van der Waals surface area contributed by atoms with Crippen LogP contribution in [0.2, 0.25) is 0 Å². The van der Waals surface area contributed by atoms with Crippen LogP contribution >= 0.6 is 0 Å². The van der Waals surface area contributed by atoms with E-state index in [9.17, 15) is 12.8 Å². The molecule has 1 aromatic heterocycles. The fourth-order valence-electron chi connectivity index (χ4n) is 1.79. The smallest absolute Gasteiger partial charge is 0.241 e. The number of benzene rings is 1. The van der Waals surface area contributed by atoms with Gasteiger partial charge in [-0.25, -0.2) is 16.8 Å². The molecule has 0 spiro atoms. The van der Waals surface area contributed by atoms with Gasteiger partial charge in [0.1, 0.15) is 5.82 Å². The van der Waals surface area contributed by atoms with Gasteiger partial charge in [0.25, 0.3) is 10.0 Å². The van der Waals surface area contributed by atoms with Crippen LogP contribution in [0.5, 0.6) is 0 Å². The molecule has 0 fully saturated rings. The summed E-state index contributed by atoms with van der Waals surface area (Å²) in [5.74, 6) is -0.409. The Hall–Kier alpha value is -2.14. The van der Waals surface area contributed by atoms with Gasteiger partial charge >= 0.3 is 0 Å². The molecule has 1 heterocycles. The van der Waals surface area contributed by atoms with Crippen molar-refractivity contribution in [2.75, 3.05) is 0 Å². The van der Waals surface area contributed by atoms with E-state index < -0.39 is 15.8 Å². The zero-order chi connectivity index (χ0) is 16.0. The normalized spacial score (nSPS) is 11.7. The molecule has 0 bridgehead atoms. The number of halogens is 1. The lowest BCUT2D eigenvalue weighted by atomic mass is 10.2. The highest BCUT2D eigenvalue weighted by Gasteiger charge is 2.19. The highest BCUT2D eigenvalue weighted by molar-refractivity contribution is 7.94. The Morgan fingerprint density at radius 2 is 1.90 bits per heavy atom. The molecule has 2 rings (SSSR count). The highest BCUT2D eigenvalue weighted by Crippen LogP contribution is 2.22. The third-order valence-corrected chi connectivity index (χ3v) is 4.39. The topological polar surface area (TPSA) is 39.1 Å². The molecule has 2 aromatic rings. The van der Waals surface area contributed by atoms with Crippen molar-refractivity contribution in [2.45, 2.75) is 13.8 Å². The zero-order valence-corrected chi connectivity index (χ0v) is 12.9. The average Bonchev–Trinajstić information content (AvgIpc) is 2.90. The summed E-state index contributed by atoms with van der Waals surface area (Å²) in [7, 11) is -3.74. The first-order chi connectivity index (χ1) is 10.0. The Labute approximate surface area is 124 Å². The van der Waals surface area contributed by atoms with Gasteiger partial charge in [0.2, 0.25) is 0 Å². The summed E-state index contributed by atoms with van der Waals surface area (Å²) in [4.78, 5) is 0.0318. The van der Waals surface area contributed by atoms with Gasteiger partial charge in [-0.05, 0) is 36.4 Å². The van der Waals surface area contributed by atoms with E-state index >= 15 is 0 Å². The summed E-state index contributed by atoms with van der Waals surface area (Å²) in [6.45, 7) is 11.0. The van der Waals surface area contributed by atoms with Crippen molar-refractivity contribution in [3.05, 3.63) is 72.6 Å². The summed E-state index contributed by atoms with van der Waals surface area (Å²) in [6.07, 6.45) is 5.36. The van der Waals surface area contributed by atoms with E-state index in [-0.39, 0.29) is 4.91 Å². The Bertz CT molecular complexity index is 786. The Morgan fingerprint density at radius 3 is 2.48 bits per heavy atom. The predicted octanol–water partition coefficient (Wildman–Crippen LogP) is 4.24. The van der Waals surface area contributed by atoms with Crippen LogP contribution in [0.15, 0.2) is 66.8 Å². The molecule has 0 saturated carbocycles. The largest absolute Gasteiger partial charge is 0.268 e. The molecule has 0 N–H and O–H groups in total. The van der Waals surface area contributed by atoms with Gasteiger partial charge < -0.3 is 0 Å². The lowest BCUT2D eigenvalue weighted by molar-refractivity contribution is 0.596. The quantitative estimate of drug-likeness (QED) is 0.792. The van der Waals surface area contributed by atoms with Gasteiger partial charge in [0, 0.05) is 11.6 Å². The number of aromatic nitrogens is 1. The van der Waals surface area contributed by atoms with E-state index in [1.807, 2.05) is 13.8 Å². The van der Waals surface area contributed by atoms with Crippen molar-refractivity contribution >= 4 is 20.9 Å². The van der Waals surface area contributed by atoms with Crippen molar-refractivity contribution in [3.63, 3.8) is 0 Å². The van der Waals surface area contributed by atoms with Gasteiger partial charge in [-0.1, -0.05) is 33.1 Å². The third-order valence-electron chi connectivity index (χ3n) is 2.66. The summed E-state index contributed by atoms with van der Waals surface area (Å²) < 4.78 is 39.0. The molecule has 1 aromatic carbocycles. The summed E-state index contributed by atoms with van der Waals surface area (Å²) in [5, 5.41) is 0.519. The van der Waals surface area contributed by atoms with Crippen LogP contribution in [0, 0.1) is 5.82 Å². The molecule has 5 heteroatoms. The number of rotatable bonds is 4. The van der Waals surface area contributed by atoms with Gasteiger partial charge in [0.15, 0.2) is 0 Å². The monoisotopic (exact) mass is 307 g/mol. The lowest BCUT2D eigenvalue weighted by Gasteiger charge is -2.07.